The molecule has 0 amide bonds. The molecule has 0 spiro atoms. The van der Waals surface area contributed by atoms with Crippen molar-refractivity contribution in [1.29, 1.82) is 0 Å². The first-order valence-corrected chi connectivity index (χ1v) is 8.53. The van der Waals surface area contributed by atoms with Gasteiger partial charge in [0.1, 0.15) is 6.10 Å². The van der Waals surface area contributed by atoms with Crippen LogP contribution in [-0.2, 0) is 10.0 Å². The zero-order valence-corrected chi connectivity index (χ0v) is 13.0. The smallest absolute Gasteiger partial charge is 0.316 e. The summed E-state index contributed by atoms with van der Waals surface area (Å²) in [5.74, 6) is 0.120. The lowest BCUT2D eigenvalue weighted by atomic mass is 10.1. The molecule has 0 radical (unpaired) electrons. The van der Waals surface area contributed by atoms with Gasteiger partial charge in [0.2, 0.25) is 10.0 Å². The second-order valence-corrected chi connectivity index (χ2v) is 7.50. The number of rotatable bonds is 4. The molecule has 1 aromatic rings. The van der Waals surface area contributed by atoms with Crippen LogP contribution in [0.5, 0.6) is 6.01 Å². The van der Waals surface area contributed by atoms with E-state index in [2.05, 4.69) is 25.9 Å². The van der Waals surface area contributed by atoms with Gasteiger partial charge in [0.05, 0.1) is 16.8 Å². The van der Waals surface area contributed by atoms with Crippen LogP contribution in [-0.4, -0.2) is 47.6 Å². The van der Waals surface area contributed by atoms with E-state index in [0.29, 0.717) is 13.1 Å². The predicted octanol–water partition coefficient (Wildman–Crippen LogP) is 1.43. The molecule has 2 rings (SSSR count). The molecule has 2 heterocycles. The Morgan fingerprint density at radius 1 is 1.47 bits per heavy atom. The molecule has 1 atom stereocenters. The van der Waals surface area contributed by atoms with E-state index in [1.807, 2.05) is 0 Å². The maximum Gasteiger partial charge on any atom is 0.316 e. The van der Waals surface area contributed by atoms with Crippen molar-refractivity contribution in [2.75, 3.05) is 18.8 Å². The number of hydrogen-bond donors (Lipinski definition) is 0. The lowest BCUT2D eigenvalue weighted by Crippen LogP contribution is -2.45. The molecule has 19 heavy (non-hydrogen) atoms. The molecule has 0 bridgehead atoms. The molecule has 1 unspecified atom stereocenters. The van der Waals surface area contributed by atoms with Crippen molar-refractivity contribution in [1.82, 2.24) is 14.3 Å². The molecule has 1 aliphatic rings. The first-order chi connectivity index (χ1) is 9.01. The van der Waals surface area contributed by atoms with Gasteiger partial charge in [-0.05, 0) is 35.7 Å². The highest BCUT2D eigenvalue weighted by atomic mass is 79.9. The molecule has 0 aromatic carbocycles. The Morgan fingerprint density at radius 2 is 2.16 bits per heavy atom. The summed E-state index contributed by atoms with van der Waals surface area (Å²) >= 11 is 3.25. The summed E-state index contributed by atoms with van der Waals surface area (Å²) in [4.78, 5) is 8.06. The average molecular weight is 350 g/mol. The van der Waals surface area contributed by atoms with Gasteiger partial charge in [-0.25, -0.2) is 18.4 Å². The summed E-state index contributed by atoms with van der Waals surface area (Å²) in [6.07, 6.45) is 4.63. The van der Waals surface area contributed by atoms with Gasteiger partial charge in [-0.15, -0.1) is 0 Å². The van der Waals surface area contributed by atoms with Gasteiger partial charge in [-0.2, -0.15) is 4.31 Å². The number of sulfonamides is 1. The van der Waals surface area contributed by atoms with Gasteiger partial charge in [-0.3, -0.25) is 0 Å². The van der Waals surface area contributed by atoms with Gasteiger partial charge in [0.25, 0.3) is 0 Å². The molecule has 106 valence electrons. The van der Waals surface area contributed by atoms with Crippen LogP contribution >= 0.6 is 15.9 Å². The summed E-state index contributed by atoms with van der Waals surface area (Å²) in [6.45, 7) is 2.59. The Labute approximate surface area is 121 Å². The summed E-state index contributed by atoms with van der Waals surface area (Å²) in [6, 6.07) is 0.281. The van der Waals surface area contributed by atoms with Crippen LogP contribution in [0.25, 0.3) is 0 Å². The molecule has 0 N–H and O–H groups in total. The lowest BCUT2D eigenvalue weighted by Gasteiger charge is -2.31. The van der Waals surface area contributed by atoms with Crippen LogP contribution < -0.4 is 4.74 Å². The third-order valence-electron chi connectivity index (χ3n) is 2.97. The highest BCUT2D eigenvalue weighted by Gasteiger charge is 2.29. The van der Waals surface area contributed by atoms with Crippen LogP contribution in [0.4, 0.5) is 0 Å². The van der Waals surface area contributed by atoms with E-state index in [1.54, 1.807) is 19.3 Å². The van der Waals surface area contributed by atoms with Gasteiger partial charge in [0.15, 0.2) is 0 Å². The lowest BCUT2D eigenvalue weighted by molar-refractivity contribution is 0.119. The zero-order chi connectivity index (χ0) is 13.9. The number of piperidine rings is 1. The van der Waals surface area contributed by atoms with E-state index in [4.69, 9.17) is 4.74 Å². The molecule has 1 fully saturated rings. The van der Waals surface area contributed by atoms with Crippen molar-refractivity contribution in [3.05, 3.63) is 16.9 Å². The maximum absolute atomic E-state index is 11.8. The zero-order valence-electron chi connectivity index (χ0n) is 10.6. The second-order valence-electron chi connectivity index (χ2n) is 4.32. The second kappa shape index (κ2) is 6.15. The van der Waals surface area contributed by atoms with E-state index in [0.717, 1.165) is 17.3 Å². The van der Waals surface area contributed by atoms with Crippen molar-refractivity contribution in [2.24, 2.45) is 0 Å². The summed E-state index contributed by atoms with van der Waals surface area (Å²) in [5, 5.41) is 0. The van der Waals surface area contributed by atoms with Gasteiger partial charge in [-0.1, -0.05) is 0 Å². The largest absolute Gasteiger partial charge is 0.459 e. The summed E-state index contributed by atoms with van der Waals surface area (Å²) < 4.78 is 31.6. The minimum Gasteiger partial charge on any atom is -0.459 e. The van der Waals surface area contributed by atoms with Crippen LogP contribution in [0.2, 0.25) is 0 Å². The number of halogens is 1. The molecule has 1 aromatic heterocycles. The summed E-state index contributed by atoms with van der Waals surface area (Å²) in [5.41, 5.74) is 0. The van der Waals surface area contributed by atoms with Crippen LogP contribution in [0, 0.1) is 0 Å². The Kier molecular flexibility index (Phi) is 4.75. The molecule has 0 aliphatic carbocycles. The van der Waals surface area contributed by atoms with Crippen LogP contribution in [0.3, 0.4) is 0 Å². The van der Waals surface area contributed by atoms with Crippen molar-refractivity contribution in [3.8, 4) is 6.01 Å². The van der Waals surface area contributed by atoms with Crippen molar-refractivity contribution < 1.29 is 13.2 Å². The highest BCUT2D eigenvalue weighted by molar-refractivity contribution is 9.10. The first kappa shape index (κ1) is 14.7. The fourth-order valence-corrected chi connectivity index (χ4v) is 3.32. The molecule has 8 heteroatoms. The van der Waals surface area contributed by atoms with Crippen molar-refractivity contribution in [3.63, 3.8) is 0 Å². The monoisotopic (exact) mass is 349 g/mol. The molecular weight excluding hydrogens is 334 g/mol. The standard InChI is InChI=1S/C11H16BrN3O3S/c1-2-19(16,17)15-5-3-4-10(8-15)18-11-13-6-9(12)7-14-11/h6-7,10H,2-5,8H2,1H3. The van der Waals surface area contributed by atoms with Crippen molar-refractivity contribution >= 4 is 26.0 Å². The Hall–Kier alpha value is -0.730. The van der Waals surface area contributed by atoms with E-state index < -0.39 is 10.0 Å². The topological polar surface area (TPSA) is 72.4 Å². The van der Waals surface area contributed by atoms with E-state index in [1.165, 1.54) is 4.31 Å². The predicted molar refractivity (Wildman–Crippen MR) is 74.4 cm³/mol. The Balaban J connectivity index is 2.00. The number of nitrogens with zero attached hydrogens (tertiary/aromatic N) is 3. The Bertz CT molecular complexity index is 520. The van der Waals surface area contributed by atoms with E-state index >= 15 is 0 Å². The van der Waals surface area contributed by atoms with Gasteiger partial charge in [0, 0.05) is 18.9 Å². The number of ether oxygens (including phenoxy) is 1. The highest BCUT2D eigenvalue weighted by Crippen LogP contribution is 2.18. The number of aromatic nitrogens is 2. The molecular formula is C11H16BrN3O3S. The first-order valence-electron chi connectivity index (χ1n) is 6.13. The maximum atomic E-state index is 11.8. The Morgan fingerprint density at radius 3 is 2.79 bits per heavy atom. The fourth-order valence-electron chi connectivity index (χ4n) is 1.95. The SMILES string of the molecule is CCS(=O)(=O)N1CCCC(Oc2ncc(Br)cn2)C1. The third-order valence-corrected chi connectivity index (χ3v) is 5.23. The normalized spacial score (nSPS) is 21.3. The molecule has 1 aliphatic heterocycles. The van der Waals surface area contributed by atoms with E-state index in [-0.39, 0.29) is 17.9 Å². The van der Waals surface area contributed by atoms with Gasteiger partial charge >= 0.3 is 6.01 Å². The molecule has 0 saturated carbocycles. The minimum absolute atomic E-state index is 0.120. The minimum atomic E-state index is -3.15. The molecule has 6 nitrogen and oxygen atoms in total. The fraction of sp³-hybridized carbons (Fsp3) is 0.636. The van der Waals surface area contributed by atoms with Crippen LogP contribution in [0.1, 0.15) is 19.8 Å². The van der Waals surface area contributed by atoms with Crippen molar-refractivity contribution in [2.45, 2.75) is 25.9 Å². The number of hydrogen-bond acceptors (Lipinski definition) is 5. The quantitative estimate of drug-likeness (QED) is 0.822. The third kappa shape index (κ3) is 3.87. The van der Waals surface area contributed by atoms with E-state index in [9.17, 15) is 8.42 Å². The van der Waals surface area contributed by atoms with Gasteiger partial charge < -0.3 is 4.74 Å². The van der Waals surface area contributed by atoms with Crippen LogP contribution in [0.15, 0.2) is 16.9 Å². The summed E-state index contributed by atoms with van der Waals surface area (Å²) in [7, 11) is -3.15. The average Bonchev–Trinajstić information content (AvgIpc) is 2.42. The molecule has 1 saturated heterocycles.